The Bertz CT molecular complexity index is 517. The highest BCUT2D eigenvalue weighted by molar-refractivity contribution is 5.81. The van der Waals surface area contributed by atoms with Gasteiger partial charge in [0.25, 0.3) is 0 Å². The molecule has 3 rings (SSSR count). The predicted molar refractivity (Wildman–Crippen MR) is 54.3 cm³/mol. The number of nitrogens with zero attached hydrogens (tertiary/aromatic N) is 2. The Kier molecular flexibility index (Phi) is 1.79. The highest BCUT2D eigenvalue weighted by atomic mass is 19.1. The first-order chi connectivity index (χ1) is 7.25. The molecule has 1 saturated heterocycles. The Morgan fingerprint density at radius 1 is 1.47 bits per heavy atom. The van der Waals surface area contributed by atoms with Gasteiger partial charge in [0.15, 0.2) is 0 Å². The Hall–Kier alpha value is -1.42. The number of benzene rings is 1. The first-order valence-electron chi connectivity index (χ1n) is 4.98. The molecule has 1 aliphatic heterocycles. The van der Waals surface area contributed by atoms with E-state index in [0.29, 0.717) is 13.2 Å². The fourth-order valence-electron chi connectivity index (χ4n) is 1.91. The molecule has 4 heteroatoms. The summed E-state index contributed by atoms with van der Waals surface area (Å²) < 4.78 is 20.1. The van der Waals surface area contributed by atoms with Gasteiger partial charge in [-0.1, -0.05) is 0 Å². The van der Waals surface area contributed by atoms with Crippen LogP contribution in [-0.2, 0) is 4.74 Å². The van der Waals surface area contributed by atoms with Gasteiger partial charge in [-0.15, -0.1) is 0 Å². The minimum atomic E-state index is -0.219. The van der Waals surface area contributed by atoms with Crippen LogP contribution in [0.2, 0.25) is 0 Å². The number of aryl methyl sites for hydroxylation is 1. The largest absolute Gasteiger partial charge is 0.377 e. The SMILES string of the molecule is Cc1nn(C2COC2)c2cc(F)ccc12. The standard InChI is InChI=1S/C11H11FN2O/c1-7-10-3-2-8(12)4-11(10)14(13-7)9-5-15-6-9/h2-4,9H,5-6H2,1H3. The van der Waals surface area contributed by atoms with Crippen LogP contribution in [0.4, 0.5) is 4.39 Å². The van der Waals surface area contributed by atoms with Gasteiger partial charge in [0.1, 0.15) is 5.82 Å². The normalized spacial score (nSPS) is 16.9. The minimum Gasteiger partial charge on any atom is -0.377 e. The number of rotatable bonds is 1. The predicted octanol–water partition coefficient (Wildman–Crippen LogP) is 2.06. The van der Waals surface area contributed by atoms with Gasteiger partial charge in [-0.05, 0) is 25.1 Å². The van der Waals surface area contributed by atoms with Crippen LogP contribution in [0.5, 0.6) is 0 Å². The van der Waals surface area contributed by atoms with Gasteiger partial charge in [0.05, 0.1) is 30.5 Å². The Morgan fingerprint density at radius 2 is 2.27 bits per heavy atom. The minimum absolute atomic E-state index is 0.219. The molecule has 1 aliphatic rings. The van der Waals surface area contributed by atoms with Crippen molar-refractivity contribution in [1.29, 1.82) is 0 Å². The average molecular weight is 206 g/mol. The molecule has 0 atom stereocenters. The second-order valence-corrected chi connectivity index (χ2v) is 3.88. The van der Waals surface area contributed by atoms with Crippen LogP contribution in [0.15, 0.2) is 18.2 Å². The summed E-state index contributed by atoms with van der Waals surface area (Å²) in [6, 6.07) is 5.05. The van der Waals surface area contributed by atoms with E-state index in [2.05, 4.69) is 5.10 Å². The number of hydrogen-bond acceptors (Lipinski definition) is 2. The van der Waals surface area contributed by atoms with Crippen molar-refractivity contribution >= 4 is 10.9 Å². The molecule has 2 heterocycles. The third kappa shape index (κ3) is 1.25. The zero-order valence-corrected chi connectivity index (χ0v) is 8.40. The smallest absolute Gasteiger partial charge is 0.125 e. The third-order valence-corrected chi connectivity index (χ3v) is 2.82. The molecule has 0 N–H and O–H groups in total. The van der Waals surface area contributed by atoms with Gasteiger partial charge in [0, 0.05) is 5.39 Å². The summed E-state index contributed by atoms with van der Waals surface area (Å²) in [5.41, 5.74) is 1.80. The lowest BCUT2D eigenvalue weighted by Gasteiger charge is -2.26. The van der Waals surface area contributed by atoms with E-state index in [-0.39, 0.29) is 11.9 Å². The number of halogens is 1. The van der Waals surface area contributed by atoms with Gasteiger partial charge in [-0.2, -0.15) is 5.10 Å². The van der Waals surface area contributed by atoms with E-state index in [1.165, 1.54) is 12.1 Å². The summed E-state index contributed by atoms with van der Waals surface area (Å²) >= 11 is 0. The molecule has 0 spiro atoms. The number of hydrogen-bond donors (Lipinski definition) is 0. The van der Waals surface area contributed by atoms with Crippen LogP contribution >= 0.6 is 0 Å². The van der Waals surface area contributed by atoms with Crippen LogP contribution in [0.25, 0.3) is 10.9 Å². The summed E-state index contributed by atoms with van der Waals surface area (Å²) in [5.74, 6) is -0.219. The van der Waals surface area contributed by atoms with Crippen molar-refractivity contribution in [2.45, 2.75) is 13.0 Å². The Labute approximate surface area is 86.5 Å². The zero-order valence-electron chi connectivity index (χ0n) is 8.40. The van der Waals surface area contributed by atoms with E-state index in [4.69, 9.17) is 4.74 Å². The third-order valence-electron chi connectivity index (χ3n) is 2.82. The van der Waals surface area contributed by atoms with Gasteiger partial charge < -0.3 is 4.74 Å². The topological polar surface area (TPSA) is 27.1 Å². The van der Waals surface area contributed by atoms with E-state index in [1.54, 1.807) is 6.07 Å². The summed E-state index contributed by atoms with van der Waals surface area (Å²) in [4.78, 5) is 0. The molecule has 0 amide bonds. The molecule has 0 radical (unpaired) electrons. The van der Waals surface area contributed by atoms with Crippen LogP contribution < -0.4 is 0 Å². The molecule has 0 unspecified atom stereocenters. The summed E-state index contributed by atoms with van der Waals surface area (Å²) in [6.45, 7) is 3.29. The quantitative estimate of drug-likeness (QED) is 0.714. The monoisotopic (exact) mass is 206 g/mol. The van der Waals surface area contributed by atoms with Crippen molar-refractivity contribution in [2.75, 3.05) is 13.2 Å². The van der Waals surface area contributed by atoms with E-state index in [1.807, 2.05) is 11.6 Å². The van der Waals surface area contributed by atoms with Crippen LogP contribution in [0.3, 0.4) is 0 Å². The summed E-state index contributed by atoms with van der Waals surface area (Å²) in [5, 5.41) is 5.44. The van der Waals surface area contributed by atoms with Gasteiger partial charge in [-0.25, -0.2) is 4.39 Å². The fourth-order valence-corrected chi connectivity index (χ4v) is 1.91. The summed E-state index contributed by atoms with van der Waals surface area (Å²) in [7, 11) is 0. The maximum atomic E-state index is 13.1. The lowest BCUT2D eigenvalue weighted by Crippen LogP contribution is -2.31. The van der Waals surface area contributed by atoms with Gasteiger partial charge >= 0.3 is 0 Å². The molecule has 0 saturated carbocycles. The molecule has 1 fully saturated rings. The second kappa shape index (κ2) is 3.03. The van der Waals surface area contributed by atoms with E-state index >= 15 is 0 Å². The van der Waals surface area contributed by atoms with E-state index in [9.17, 15) is 4.39 Å². The molecule has 1 aromatic carbocycles. The van der Waals surface area contributed by atoms with Crippen molar-refractivity contribution in [3.8, 4) is 0 Å². The number of aromatic nitrogens is 2. The molecule has 0 aliphatic carbocycles. The molecule has 0 bridgehead atoms. The highest BCUT2D eigenvalue weighted by Crippen LogP contribution is 2.25. The van der Waals surface area contributed by atoms with Crippen molar-refractivity contribution in [3.63, 3.8) is 0 Å². The zero-order chi connectivity index (χ0) is 10.4. The van der Waals surface area contributed by atoms with Crippen LogP contribution in [-0.4, -0.2) is 23.0 Å². The maximum Gasteiger partial charge on any atom is 0.125 e. The first kappa shape index (κ1) is 8.85. The van der Waals surface area contributed by atoms with Gasteiger partial charge in [0.2, 0.25) is 0 Å². The lowest BCUT2D eigenvalue weighted by atomic mass is 10.2. The van der Waals surface area contributed by atoms with E-state index in [0.717, 1.165) is 16.6 Å². The van der Waals surface area contributed by atoms with Crippen molar-refractivity contribution < 1.29 is 9.13 Å². The number of ether oxygens (including phenoxy) is 1. The fraction of sp³-hybridized carbons (Fsp3) is 0.364. The van der Waals surface area contributed by atoms with E-state index < -0.39 is 0 Å². The average Bonchev–Trinajstić information content (AvgIpc) is 2.41. The molecule has 3 nitrogen and oxygen atoms in total. The van der Waals surface area contributed by atoms with Crippen molar-refractivity contribution in [2.24, 2.45) is 0 Å². The molecular weight excluding hydrogens is 195 g/mol. The molecule has 78 valence electrons. The summed E-state index contributed by atoms with van der Waals surface area (Å²) in [6.07, 6.45) is 0. The van der Waals surface area contributed by atoms with Crippen LogP contribution in [0, 0.1) is 12.7 Å². The molecule has 15 heavy (non-hydrogen) atoms. The Balaban J connectivity index is 2.24. The van der Waals surface area contributed by atoms with Crippen LogP contribution in [0.1, 0.15) is 11.7 Å². The van der Waals surface area contributed by atoms with Gasteiger partial charge in [-0.3, -0.25) is 4.68 Å². The lowest BCUT2D eigenvalue weighted by molar-refractivity contribution is -0.0267. The highest BCUT2D eigenvalue weighted by Gasteiger charge is 2.23. The molecule has 1 aromatic heterocycles. The first-order valence-corrected chi connectivity index (χ1v) is 4.98. The van der Waals surface area contributed by atoms with Crippen molar-refractivity contribution in [1.82, 2.24) is 9.78 Å². The maximum absolute atomic E-state index is 13.1. The second-order valence-electron chi connectivity index (χ2n) is 3.88. The molecule has 2 aromatic rings. The number of fused-ring (bicyclic) bond motifs is 1. The molecular formula is C11H11FN2O. The Morgan fingerprint density at radius 3 is 2.93 bits per heavy atom. The van der Waals surface area contributed by atoms with Crippen molar-refractivity contribution in [3.05, 3.63) is 29.7 Å².